The number of benzene rings is 1. The van der Waals surface area contributed by atoms with Gasteiger partial charge in [-0.2, -0.15) is 0 Å². The highest BCUT2D eigenvalue weighted by atomic mass is 16.2. The van der Waals surface area contributed by atoms with E-state index in [4.69, 9.17) is 0 Å². The summed E-state index contributed by atoms with van der Waals surface area (Å²) in [6, 6.07) is 7.39. The van der Waals surface area contributed by atoms with Gasteiger partial charge in [0.25, 0.3) is 5.91 Å². The third-order valence-electron chi connectivity index (χ3n) is 4.12. The van der Waals surface area contributed by atoms with Crippen molar-refractivity contribution in [3.05, 3.63) is 46.2 Å². The SMILES string of the molecule is CN1CCN(C(=O)c2cn(C)c3ccccc3c2=O)CC1. The van der Waals surface area contributed by atoms with E-state index in [-0.39, 0.29) is 16.9 Å². The van der Waals surface area contributed by atoms with Crippen LogP contribution in [0.15, 0.2) is 35.3 Å². The number of likely N-dealkylation sites (N-methyl/N-ethyl adjacent to an activating group) is 1. The number of hydrogen-bond donors (Lipinski definition) is 0. The molecule has 0 aliphatic carbocycles. The monoisotopic (exact) mass is 285 g/mol. The van der Waals surface area contributed by atoms with E-state index in [0.717, 1.165) is 18.6 Å². The zero-order valence-corrected chi connectivity index (χ0v) is 12.4. The summed E-state index contributed by atoms with van der Waals surface area (Å²) in [6.45, 7) is 3.04. The van der Waals surface area contributed by atoms with Gasteiger partial charge in [0.1, 0.15) is 5.56 Å². The number of carbonyl (C=O) groups is 1. The maximum absolute atomic E-state index is 12.6. The van der Waals surface area contributed by atoms with Crippen molar-refractivity contribution in [2.24, 2.45) is 7.05 Å². The molecular weight excluding hydrogens is 266 g/mol. The van der Waals surface area contributed by atoms with Crippen molar-refractivity contribution < 1.29 is 4.79 Å². The fourth-order valence-corrected chi connectivity index (χ4v) is 2.77. The number of carbonyl (C=O) groups excluding carboxylic acids is 1. The highest BCUT2D eigenvalue weighted by Crippen LogP contribution is 2.12. The Morgan fingerprint density at radius 1 is 1.05 bits per heavy atom. The van der Waals surface area contributed by atoms with Crippen molar-refractivity contribution in [3.63, 3.8) is 0 Å². The molecule has 2 heterocycles. The summed E-state index contributed by atoms with van der Waals surface area (Å²) in [5.74, 6) is -0.158. The average molecular weight is 285 g/mol. The largest absolute Gasteiger partial charge is 0.350 e. The van der Waals surface area contributed by atoms with Crippen LogP contribution in [0.5, 0.6) is 0 Å². The van der Waals surface area contributed by atoms with Gasteiger partial charge in [0.15, 0.2) is 0 Å². The predicted molar refractivity (Wildman–Crippen MR) is 82.6 cm³/mol. The first-order valence-electron chi connectivity index (χ1n) is 7.14. The third kappa shape index (κ3) is 2.45. The molecule has 1 aliphatic rings. The van der Waals surface area contributed by atoms with Crippen LogP contribution in [-0.2, 0) is 7.05 Å². The summed E-state index contributed by atoms with van der Waals surface area (Å²) in [7, 11) is 3.90. The molecule has 0 radical (unpaired) electrons. The van der Waals surface area contributed by atoms with Gasteiger partial charge in [0.05, 0.1) is 5.52 Å². The first-order valence-corrected chi connectivity index (χ1v) is 7.14. The van der Waals surface area contributed by atoms with Gasteiger partial charge in [0.2, 0.25) is 5.43 Å². The van der Waals surface area contributed by atoms with E-state index in [1.807, 2.05) is 36.9 Å². The Balaban J connectivity index is 2.03. The Labute approximate surface area is 123 Å². The zero-order chi connectivity index (χ0) is 15.0. The molecule has 3 rings (SSSR count). The highest BCUT2D eigenvalue weighted by molar-refractivity contribution is 5.97. The minimum Gasteiger partial charge on any atom is -0.350 e. The fraction of sp³-hybridized carbons (Fsp3) is 0.375. The molecule has 1 aromatic carbocycles. The quantitative estimate of drug-likeness (QED) is 0.783. The van der Waals surface area contributed by atoms with Gasteiger partial charge in [-0.05, 0) is 19.2 Å². The van der Waals surface area contributed by atoms with Crippen LogP contribution >= 0.6 is 0 Å². The number of aryl methyl sites for hydroxylation is 1. The van der Waals surface area contributed by atoms with Crippen LogP contribution in [-0.4, -0.2) is 53.5 Å². The van der Waals surface area contributed by atoms with E-state index in [1.54, 1.807) is 17.2 Å². The van der Waals surface area contributed by atoms with Crippen molar-refractivity contribution in [3.8, 4) is 0 Å². The Kier molecular flexibility index (Phi) is 3.51. The molecule has 1 aromatic heterocycles. The number of para-hydroxylation sites is 1. The molecule has 5 nitrogen and oxygen atoms in total. The lowest BCUT2D eigenvalue weighted by Gasteiger charge is -2.32. The standard InChI is InChI=1S/C16H19N3O2/c1-17-7-9-19(10-8-17)16(21)13-11-18(2)14-6-4-3-5-12(14)15(13)20/h3-6,11H,7-10H2,1-2H3. The van der Waals surface area contributed by atoms with Gasteiger partial charge in [-0.25, -0.2) is 0 Å². The van der Waals surface area contributed by atoms with Crippen LogP contribution in [0.4, 0.5) is 0 Å². The molecule has 2 aromatic rings. The summed E-state index contributed by atoms with van der Waals surface area (Å²) in [4.78, 5) is 29.1. The third-order valence-corrected chi connectivity index (χ3v) is 4.12. The topological polar surface area (TPSA) is 45.5 Å². The number of piperazine rings is 1. The lowest BCUT2D eigenvalue weighted by Crippen LogP contribution is -2.48. The number of hydrogen-bond acceptors (Lipinski definition) is 3. The van der Waals surface area contributed by atoms with Crippen molar-refractivity contribution in [2.45, 2.75) is 0 Å². The van der Waals surface area contributed by atoms with E-state index >= 15 is 0 Å². The van der Waals surface area contributed by atoms with Crippen LogP contribution in [0.2, 0.25) is 0 Å². The minimum absolute atomic E-state index is 0.158. The zero-order valence-electron chi connectivity index (χ0n) is 12.4. The lowest BCUT2D eigenvalue weighted by atomic mass is 10.1. The summed E-state index contributed by atoms with van der Waals surface area (Å²) >= 11 is 0. The van der Waals surface area contributed by atoms with E-state index < -0.39 is 0 Å². The molecule has 1 amide bonds. The van der Waals surface area contributed by atoms with E-state index in [2.05, 4.69) is 4.90 Å². The molecule has 1 fully saturated rings. The second-order valence-electron chi connectivity index (χ2n) is 5.60. The number of pyridine rings is 1. The molecule has 1 saturated heterocycles. The summed E-state index contributed by atoms with van der Waals surface area (Å²) in [5, 5.41) is 0.597. The van der Waals surface area contributed by atoms with Gasteiger partial charge in [-0.15, -0.1) is 0 Å². The number of rotatable bonds is 1. The Morgan fingerprint density at radius 2 is 1.71 bits per heavy atom. The summed E-state index contributed by atoms with van der Waals surface area (Å²) in [6.07, 6.45) is 1.66. The Bertz CT molecular complexity index is 743. The normalized spacial score (nSPS) is 16.4. The van der Waals surface area contributed by atoms with Gasteiger partial charge in [-0.3, -0.25) is 9.59 Å². The van der Waals surface area contributed by atoms with Crippen LogP contribution < -0.4 is 5.43 Å². The second kappa shape index (κ2) is 5.33. The van der Waals surface area contributed by atoms with Gasteiger partial charge in [-0.1, -0.05) is 12.1 Å². The van der Waals surface area contributed by atoms with Gasteiger partial charge < -0.3 is 14.4 Å². The molecule has 0 spiro atoms. The second-order valence-corrected chi connectivity index (χ2v) is 5.60. The van der Waals surface area contributed by atoms with Crippen molar-refractivity contribution in [2.75, 3.05) is 33.2 Å². The van der Waals surface area contributed by atoms with Gasteiger partial charge >= 0.3 is 0 Å². The molecule has 0 atom stereocenters. The smallest absolute Gasteiger partial charge is 0.259 e. The maximum atomic E-state index is 12.6. The fourth-order valence-electron chi connectivity index (χ4n) is 2.77. The molecule has 0 unspecified atom stereocenters. The first kappa shape index (κ1) is 13.8. The molecule has 0 bridgehead atoms. The number of amides is 1. The van der Waals surface area contributed by atoms with Crippen molar-refractivity contribution >= 4 is 16.8 Å². The van der Waals surface area contributed by atoms with Crippen molar-refractivity contribution in [1.29, 1.82) is 0 Å². The first-order chi connectivity index (χ1) is 10.1. The molecule has 21 heavy (non-hydrogen) atoms. The average Bonchev–Trinajstić information content (AvgIpc) is 2.51. The molecule has 0 saturated carbocycles. The Hall–Kier alpha value is -2.14. The van der Waals surface area contributed by atoms with Crippen LogP contribution in [0, 0.1) is 0 Å². The van der Waals surface area contributed by atoms with Crippen LogP contribution in [0.25, 0.3) is 10.9 Å². The number of aromatic nitrogens is 1. The lowest BCUT2D eigenvalue weighted by molar-refractivity contribution is 0.0662. The number of nitrogens with zero attached hydrogens (tertiary/aromatic N) is 3. The summed E-state index contributed by atoms with van der Waals surface area (Å²) < 4.78 is 1.85. The highest BCUT2D eigenvalue weighted by Gasteiger charge is 2.23. The molecule has 5 heteroatoms. The summed E-state index contributed by atoms with van der Waals surface area (Å²) in [5.41, 5.74) is 0.936. The number of fused-ring (bicyclic) bond motifs is 1. The molecular formula is C16H19N3O2. The predicted octanol–water partition coefficient (Wildman–Crippen LogP) is 0.926. The van der Waals surface area contributed by atoms with E-state index in [0.29, 0.717) is 18.5 Å². The van der Waals surface area contributed by atoms with Crippen LogP contribution in [0.3, 0.4) is 0 Å². The van der Waals surface area contributed by atoms with Crippen LogP contribution in [0.1, 0.15) is 10.4 Å². The maximum Gasteiger partial charge on any atom is 0.259 e. The molecule has 1 aliphatic heterocycles. The van der Waals surface area contributed by atoms with Gasteiger partial charge in [0, 0.05) is 44.8 Å². The molecule has 110 valence electrons. The minimum atomic E-state index is -0.173. The van der Waals surface area contributed by atoms with E-state index in [9.17, 15) is 9.59 Å². The Morgan fingerprint density at radius 3 is 2.43 bits per heavy atom. The van der Waals surface area contributed by atoms with E-state index in [1.165, 1.54) is 0 Å². The van der Waals surface area contributed by atoms with Crippen molar-refractivity contribution in [1.82, 2.24) is 14.4 Å². The molecule has 0 N–H and O–H groups in total.